The Hall–Kier alpha value is -0.370. The van der Waals surface area contributed by atoms with E-state index in [-0.39, 0.29) is 0 Å². The molecule has 0 heterocycles. The van der Waals surface area contributed by atoms with E-state index in [4.69, 9.17) is 17.0 Å². The van der Waals surface area contributed by atoms with Gasteiger partial charge in [0, 0.05) is 6.42 Å². The van der Waals surface area contributed by atoms with E-state index in [1.165, 1.54) is 180 Å². The van der Waals surface area contributed by atoms with Gasteiger partial charge in [0.1, 0.15) is 0 Å². The second-order valence-corrected chi connectivity index (χ2v) is 11.4. The Labute approximate surface area is 227 Å². The lowest BCUT2D eigenvalue weighted by Gasteiger charge is -2.05. The minimum absolute atomic E-state index is 0.690. The molecule has 0 aliphatic heterocycles. The minimum Gasteiger partial charge on any atom is -0.459 e. The van der Waals surface area contributed by atoms with Gasteiger partial charge >= 0.3 is 0 Å². The Morgan fingerprint density at radius 3 is 0.914 bits per heavy atom. The highest BCUT2D eigenvalue weighted by atomic mass is 32.1. The Morgan fingerprint density at radius 2 is 0.686 bits per heavy atom. The first kappa shape index (κ1) is 34.6. The van der Waals surface area contributed by atoms with Crippen molar-refractivity contribution in [1.29, 1.82) is 0 Å². The highest BCUT2D eigenvalue weighted by molar-refractivity contribution is 7.80. The summed E-state index contributed by atoms with van der Waals surface area (Å²) in [5.74, 6) is 0. The molecule has 0 radical (unpaired) electrons. The summed E-state index contributed by atoms with van der Waals surface area (Å²) in [6.45, 7) is 5.84. The fraction of sp³-hybridized carbons (Fsp3) is 0.909. The van der Waals surface area contributed by atoms with E-state index in [2.05, 4.69) is 13.5 Å². The van der Waals surface area contributed by atoms with Crippen LogP contribution in [0.15, 0.2) is 12.8 Å². The third kappa shape index (κ3) is 31.6. The van der Waals surface area contributed by atoms with Crippen molar-refractivity contribution in [3.8, 4) is 0 Å². The average Bonchev–Trinajstić information content (AvgIpc) is 2.86. The van der Waals surface area contributed by atoms with Crippen LogP contribution in [0.25, 0.3) is 0 Å². The van der Waals surface area contributed by atoms with E-state index in [0.29, 0.717) is 5.05 Å². The number of thiocarbonyl (C=S) groups is 1. The molecule has 0 aromatic carbocycles. The Morgan fingerprint density at radius 1 is 0.457 bits per heavy atom. The molecule has 0 saturated carbocycles. The van der Waals surface area contributed by atoms with Crippen LogP contribution in [0.4, 0.5) is 0 Å². The summed E-state index contributed by atoms with van der Waals surface area (Å²) in [5, 5.41) is 0.690. The third-order valence-electron chi connectivity index (χ3n) is 7.45. The Kier molecular flexibility index (Phi) is 31.3. The zero-order chi connectivity index (χ0) is 25.5. The lowest BCUT2D eigenvalue weighted by molar-refractivity contribution is 0.465. The summed E-state index contributed by atoms with van der Waals surface area (Å²) in [6, 6.07) is 0. The van der Waals surface area contributed by atoms with E-state index in [1.54, 1.807) is 0 Å². The van der Waals surface area contributed by atoms with Crippen molar-refractivity contribution < 1.29 is 4.74 Å². The highest BCUT2D eigenvalue weighted by Crippen LogP contribution is 2.16. The van der Waals surface area contributed by atoms with Gasteiger partial charge in [-0.25, -0.2) is 0 Å². The summed E-state index contributed by atoms with van der Waals surface area (Å²) >= 11 is 5.10. The Balaban J connectivity index is 3.04. The summed E-state index contributed by atoms with van der Waals surface area (Å²) in [7, 11) is 0. The second-order valence-electron chi connectivity index (χ2n) is 11.0. The van der Waals surface area contributed by atoms with Crippen molar-refractivity contribution >= 4 is 17.3 Å². The number of hydrogen-bond donors (Lipinski definition) is 0. The normalized spacial score (nSPS) is 11.1. The van der Waals surface area contributed by atoms with E-state index < -0.39 is 0 Å². The number of hydrogen-bond acceptors (Lipinski definition) is 2. The SMILES string of the molecule is C=COC(=S)CCCCCCCCCCCCCCCCCCCCCCCCCCCCCC. The maximum atomic E-state index is 5.10. The van der Waals surface area contributed by atoms with Gasteiger partial charge in [-0.2, -0.15) is 0 Å². The van der Waals surface area contributed by atoms with Crippen molar-refractivity contribution in [2.75, 3.05) is 0 Å². The molecule has 0 bridgehead atoms. The first-order chi connectivity index (χ1) is 17.3. The van der Waals surface area contributed by atoms with Gasteiger partial charge < -0.3 is 4.74 Å². The molecule has 0 fully saturated rings. The van der Waals surface area contributed by atoms with Gasteiger partial charge in [0.15, 0.2) is 5.05 Å². The van der Waals surface area contributed by atoms with Crippen LogP contribution < -0.4 is 0 Å². The van der Waals surface area contributed by atoms with Crippen LogP contribution >= 0.6 is 12.2 Å². The average molecular weight is 509 g/mol. The predicted octanol–water partition coefficient (Wildman–Crippen LogP) is 12.8. The second kappa shape index (κ2) is 31.7. The van der Waals surface area contributed by atoms with Gasteiger partial charge in [0.05, 0.1) is 6.26 Å². The minimum atomic E-state index is 0.690. The van der Waals surface area contributed by atoms with Crippen molar-refractivity contribution in [3.05, 3.63) is 12.8 Å². The van der Waals surface area contributed by atoms with Crippen molar-refractivity contribution in [3.63, 3.8) is 0 Å². The predicted molar refractivity (Wildman–Crippen MR) is 163 cm³/mol. The van der Waals surface area contributed by atoms with Gasteiger partial charge in [-0.3, -0.25) is 0 Å². The first-order valence-corrected chi connectivity index (χ1v) is 16.5. The largest absolute Gasteiger partial charge is 0.459 e. The molecule has 0 aromatic heterocycles. The van der Waals surface area contributed by atoms with E-state index >= 15 is 0 Å². The van der Waals surface area contributed by atoms with Crippen LogP contribution in [-0.4, -0.2) is 5.05 Å². The maximum Gasteiger partial charge on any atom is 0.166 e. The van der Waals surface area contributed by atoms with Crippen LogP contribution in [-0.2, 0) is 4.74 Å². The van der Waals surface area contributed by atoms with E-state index in [9.17, 15) is 0 Å². The topological polar surface area (TPSA) is 9.23 Å². The molecule has 0 aliphatic carbocycles. The molecule has 0 aliphatic rings. The van der Waals surface area contributed by atoms with Crippen LogP contribution in [0.1, 0.15) is 193 Å². The fourth-order valence-corrected chi connectivity index (χ4v) is 5.30. The summed E-state index contributed by atoms with van der Waals surface area (Å²) in [4.78, 5) is 0. The zero-order valence-electron chi connectivity index (χ0n) is 24.1. The molecule has 1 nitrogen and oxygen atoms in total. The molecular formula is C33H64OS. The number of unbranched alkanes of at least 4 members (excludes halogenated alkanes) is 27. The van der Waals surface area contributed by atoms with Crippen LogP contribution in [0.2, 0.25) is 0 Å². The van der Waals surface area contributed by atoms with Gasteiger partial charge in [-0.05, 0) is 18.6 Å². The van der Waals surface area contributed by atoms with Gasteiger partial charge in [-0.1, -0.05) is 187 Å². The molecule has 0 spiro atoms. The molecule has 0 unspecified atom stereocenters. The molecular weight excluding hydrogens is 444 g/mol. The van der Waals surface area contributed by atoms with E-state index in [0.717, 1.165) is 12.8 Å². The molecule has 0 atom stereocenters. The van der Waals surface area contributed by atoms with Crippen molar-refractivity contribution in [1.82, 2.24) is 0 Å². The standard InChI is InChI=1S/C33H64OS/c1-3-5-6-7-8-9-10-11-12-13-14-15-16-17-18-19-20-21-22-23-24-25-26-27-28-29-30-31-32-33(35)34-4-2/h4H,2-3,5-32H2,1H3. The summed E-state index contributed by atoms with van der Waals surface area (Å²) in [6.07, 6.45) is 42.6. The molecule has 0 aromatic rings. The smallest absolute Gasteiger partial charge is 0.166 e. The summed E-state index contributed by atoms with van der Waals surface area (Å²) < 4.78 is 5.10. The highest BCUT2D eigenvalue weighted by Gasteiger charge is 1.98. The molecule has 2 heteroatoms. The molecule has 0 N–H and O–H groups in total. The molecule has 0 saturated heterocycles. The van der Waals surface area contributed by atoms with E-state index in [1.807, 2.05) is 0 Å². The van der Waals surface area contributed by atoms with Crippen molar-refractivity contribution in [2.24, 2.45) is 0 Å². The molecule has 0 amide bonds. The lowest BCUT2D eigenvalue weighted by atomic mass is 10.0. The molecule has 0 rings (SSSR count). The fourth-order valence-electron chi connectivity index (χ4n) is 5.09. The van der Waals surface area contributed by atoms with Gasteiger partial charge in [0.25, 0.3) is 0 Å². The number of ether oxygens (including phenoxy) is 1. The monoisotopic (exact) mass is 508 g/mol. The van der Waals surface area contributed by atoms with Gasteiger partial charge in [-0.15, -0.1) is 0 Å². The lowest BCUT2D eigenvalue weighted by Crippen LogP contribution is -1.95. The van der Waals surface area contributed by atoms with Crippen LogP contribution in [0.3, 0.4) is 0 Å². The maximum absolute atomic E-state index is 5.10. The van der Waals surface area contributed by atoms with Crippen LogP contribution in [0, 0.1) is 0 Å². The van der Waals surface area contributed by atoms with Gasteiger partial charge in [0.2, 0.25) is 0 Å². The summed E-state index contributed by atoms with van der Waals surface area (Å²) in [5.41, 5.74) is 0. The zero-order valence-corrected chi connectivity index (χ0v) is 24.9. The quantitative estimate of drug-likeness (QED) is 0.0542. The molecule has 208 valence electrons. The molecule has 35 heavy (non-hydrogen) atoms. The van der Waals surface area contributed by atoms with Crippen LogP contribution in [0.5, 0.6) is 0 Å². The third-order valence-corrected chi connectivity index (χ3v) is 7.75. The van der Waals surface area contributed by atoms with Crippen molar-refractivity contribution in [2.45, 2.75) is 193 Å². The first-order valence-electron chi connectivity index (χ1n) is 16.1. The number of rotatable bonds is 30. The Bertz CT molecular complexity index is 419.